The molecule has 0 spiro atoms. The fraction of sp³-hybridized carbons (Fsp3) is 0.111. The molecule has 2 aromatic rings. The SMILES string of the molecule is COc1cccc(-c2csc(NC(N)=NC3C=CC=CC=C3)n2)c1. The fourth-order valence-electron chi connectivity index (χ4n) is 2.18. The fourth-order valence-corrected chi connectivity index (χ4v) is 2.91. The van der Waals surface area contributed by atoms with Crippen LogP contribution in [0.15, 0.2) is 71.1 Å². The van der Waals surface area contributed by atoms with E-state index in [0.717, 1.165) is 17.0 Å². The monoisotopic (exact) mass is 338 g/mol. The molecular formula is C18H18N4OS. The molecule has 0 unspecified atom stereocenters. The molecule has 6 heteroatoms. The number of benzene rings is 1. The Hall–Kier alpha value is -2.86. The van der Waals surface area contributed by atoms with E-state index in [0.29, 0.717) is 11.1 Å². The number of nitrogens with two attached hydrogens (primary N) is 1. The standard InChI is InChI=1S/C18H18N4OS/c1-23-15-10-6-7-13(11-15)16-12-24-18(21-16)22-17(19)20-14-8-4-2-3-5-9-14/h2-12,14H,1H3,(H3,19,20,21,22). The van der Waals surface area contributed by atoms with Crippen LogP contribution in [-0.2, 0) is 0 Å². The zero-order valence-electron chi connectivity index (χ0n) is 13.2. The molecular weight excluding hydrogens is 320 g/mol. The lowest BCUT2D eigenvalue weighted by Crippen LogP contribution is -2.24. The van der Waals surface area contributed by atoms with Crippen LogP contribution in [0.4, 0.5) is 5.13 Å². The summed E-state index contributed by atoms with van der Waals surface area (Å²) in [6.07, 6.45) is 11.8. The van der Waals surface area contributed by atoms with E-state index < -0.39 is 0 Å². The summed E-state index contributed by atoms with van der Waals surface area (Å²) in [6.45, 7) is 0. The third kappa shape index (κ3) is 4.11. The van der Waals surface area contributed by atoms with Gasteiger partial charge in [-0.25, -0.2) is 9.98 Å². The van der Waals surface area contributed by atoms with E-state index in [2.05, 4.69) is 15.3 Å². The van der Waals surface area contributed by atoms with Crippen LogP contribution in [0.25, 0.3) is 11.3 Å². The van der Waals surface area contributed by atoms with E-state index in [-0.39, 0.29) is 6.04 Å². The van der Waals surface area contributed by atoms with Gasteiger partial charge in [-0.15, -0.1) is 11.3 Å². The Morgan fingerprint density at radius 1 is 1.25 bits per heavy atom. The van der Waals surface area contributed by atoms with Crippen LogP contribution >= 0.6 is 11.3 Å². The molecule has 0 aliphatic heterocycles. The molecule has 0 amide bonds. The number of nitrogens with one attached hydrogen (secondary N) is 1. The number of guanidine groups is 1. The molecule has 0 saturated carbocycles. The first kappa shape index (κ1) is 16.0. The second-order valence-electron chi connectivity index (χ2n) is 5.05. The number of methoxy groups -OCH3 is 1. The number of thiazole rings is 1. The normalized spacial score (nSPS) is 14.6. The first-order valence-electron chi connectivity index (χ1n) is 7.46. The summed E-state index contributed by atoms with van der Waals surface area (Å²) in [5, 5.41) is 5.72. The number of anilines is 1. The predicted molar refractivity (Wildman–Crippen MR) is 101 cm³/mol. The van der Waals surface area contributed by atoms with Crippen LogP contribution in [0, 0.1) is 0 Å². The van der Waals surface area contributed by atoms with E-state index in [4.69, 9.17) is 10.5 Å². The average molecular weight is 338 g/mol. The van der Waals surface area contributed by atoms with E-state index in [1.165, 1.54) is 11.3 Å². The largest absolute Gasteiger partial charge is 0.497 e. The van der Waals surface area contributed by atoms with Gasteiger partial charge in [-0.05, 0) is 12.1 Å². The van der Waals surface area contributed by atoms with Gasteiger partial charge < -0.3 is 15.8 Å². The maximum atomic E-state index is 5.98. The van der Waals surface area contributed by atoms with E-state index in [9.17, 15) is 0 Å². The Kier molecular flexibility index (Phi) is 5.08. The second kappa shape index (κ2) is 7.61. The third-order valence-corrected chi connectivity index (χ3v) is 4.10. The molecule has 1 aromatic heterocycles. The lowest BCUT2D eigenvalue weighted by molar-refractivity contribution is 0.415. The Bertz CT molecular complexity index is 804. The number of aromatic nitrogens is 1. The molecule has 1 aromatic carbocycles. The number of hydrogen-bond acceptors (Lipinski definition) is 4. The van der Waals surface area contributed by atoms with Gasteiger partial charge in [0.1, 0.15) is 5.75 Å². The Morgan fingerprint density at radius 2 is 2.04 bits per heavy atom. The summed E-state index contributed by atoms with van der Waals surface area (Å²) in [6, 6.07) is 7.71. The molecule has 0 saturated heterocycles. The second-order valence-corrected chi connectivity index (χ2v) is 5.91. The molecule has 0 bridgehead atoms. The molecule has 24 heavy (non-hydrogen) atoms. The molecule has 1 aliphatic carbocycles. The lowest BCUT2D eigenvalue weighted by atomic mass is 10.2. The zero-order valence-corrected chi connectivity index (χ0v) is 14.0. The maximum Gasteiger partial charge on any atom is 0.195 e. The van der Waals surface area contributed by atoms with Crippen molar-refractivity contribution in [1.82, 2.24) is 4.98 Å². The van der Waals surface area contributed by atoms with Gasteiger partial charge in [0.25, 0.3) is 0 Å². The highest BCUT2D eigenvalue weighted by Gasteiger charge is 2.07. The maximum absolute atomic E-state index is 5.98. The highest BCUT2D eigenvalue weighted by Crippen LogP contribution is 2.27. The minimum Gasteiger partial charge on any atom is -0.497 e. The number of rotatable bonds is 4. The Balaban J connectivity index is 1.71. The molecule has 3 rings (SSSR count). The predicted octanol–water partition coefficient (Wildman–Crippen LogP) is 3.60. The van der Waals surface area contributed by atoms with Crippen molar-refractivity contribution in [2.24, 2.45) is 10.7 Å². The van der Waals surface area contributed by atoms with Gasteiger partial charge in [-0.1, -0.05) is 48.6 Å². The number of nitrogens with zero attached hydrogens (tertiary/aromatic N) is 2. The van der Waals surface area contributed by atoms with Crippen molar-refractivity contribution in [2.75, 3.05) is 12.4 Å². The smallest absolute Gasteiger partial charge is 0.195 e. The van der Waals surface area contributed by atoms with Crippen LogP contribution in [0.2, 0.25) is 0 Å². The van der Waals surface area contributed by atoms with Crippen molar-refractivity contribution in [3.8, 4) is 17.0 Å². The number of ether oxygens (including phenoxy) is 1. The topological polar surface area (TPSA) is 72.5 Å². The highest BCUT2D eigenvalue weighted by molar-refractivity contribution is 7.14. The lowest BCUT2D eigenvalue weighted by Gasteiger charge is -2.05. The summed E-state index contributed by atoms with van der Waals surface area (Å²) in [4.78, 5) is 8.97. The first-order valence-corrected chi connectivity index (χ1v) is 8.34. The number of aliphatic imine (C=N–C) groups is 1. The van der Waals surface area contributed by atoms with Gasteiger partial charge in [0, 0.05) is 10.9 Å². The van der Waals surface area contributed by atoms with Crippen molar-refractivity contribution in [3.05, 3.63) is 66.1 Å². The molecule has 0 fully saturated rings. The summed E-state index contributed by atoms with van der Waals surface area (Å²) in [5.41, 5.74) is 7.84. The van der Waals surface area contributed by atoms with Crippen LogP contribution in [0.3, 0.4) is 0 Å². The quantitative estimate of drug-likeness (QED) is 0.660. The summed E-state index contributed by atoms with van der Waals surface area (Å²) in [5.74, 6) is 1.14. The number of allylic oxidation sites excluding steroid dienone is 4. The minimum absolute atomic E-state index is 0.0784. The van der Waals surface area contributed by atoms with E-state index in [1.807, 2.05) is 66.1 Å². The first-order chi connectivity index (χ1) is 11.7. The van der Waals surface area contributed by atoms with Crippen LogP contribution in [-0.4, -0.2) is 24.1 Å². The van der Waals surface area contributed by atoms with Gasteiger partial charge in [0.15, 0.2) is 11.1 Å². The van der Waals surface area contributed by atoms with Crippen LogP contribution < -0.4 is 15.8 Å². The summed E-state index contributed by atoms with van der Waals surface area (Å²) >= 11 is 1.48. The molecule has 0 atom stereocenters. The zero-order chi connectivity index (χ0) is 16.8. The van der Waals surface area contributed by atoms with Gasteiger partial charge in [-0.2, -0.15) is 0 Å². The molecule has 5 nitrogen and oxygen atoms in total. The van der Waals surface area contributed by atoms with Crippen molar-refractivity contribution in [1.29, 1.82) is 0 Å². The molecule has 3 N–H and O–H groups in total. The Morgan fingerprint density at radius 3 is 2.79 bits per heavy atom. The van der Waals surface area contributed by atoms with Crippen LogP contribution in [0.1, 0.15) is 0 Å². The average Bonchev–Trinajstić information content (AvgIpc) is 2.91. The van der Waals surface area contributed by atoms with Gasteiger partial charge in [0.2, 0.25) is 0 Å². The van der Waals surface area contributed by atoms with Crippen molar-refractivity contribution >= 4 is 22.4 Å². The summed E-state index contributed by atoms with van der Waals surface area (Å²) < 4.78 is 5.25. The van der Waals surface area contributed by atoms with E-state index in [1.54, 1.807) is 7.11 Å². The highest BCUT2D eigenvalue weighted by atomic mass is 32.1. The molecule has 1 heterocycles. The van der Waals surface area contributed by atoms with Crippen LogP contribution in [0.5, 0.6) is 5.75 Å². The van der Waals surface area contributed by atoms with E-state index >= 15 is 0 Å². The third-order valence-electron chi connectivity index (χ3n) is 3.34. The van der Waals surface area contributed by atoms with Crippen molar-refractivity contribution < 1.29 is 4.74 Å². The molecule has 0 radical (unpaired) electrons. The molecule has 1 aliphatic rings. The van der Waals surface area contributed by atoms with Gasteiger partial charge in [-0.3, -0.25) is 0 Å². The Labute approximate surface area is 144 Å². The van der Waals surface area contributed by atoms with Gasteiger partial charge >= 0.3 is 0 Å². The number of hydrogen-bond donors (Lipinski definition) is 2. The molecule has 122 valence electrons. The minimum atomic E-state index is -0.0784. The van der Waals surface area contributed by atoms with Crippen molar-refractivity contribution in [2.45, 2.75) is 6.04 Å². The summed E-state index contributed by atoms with van der Waals surface area (Å²) in [7, 11) is 1.65. The van der Waals surface area contributed by atoms with Crippen molar-refractivity contribution in [3.63, 3.8) is 0 Å². The van der Waals surface area contributed by atoms with Gasteiger partial charge in [0.05, 0.1) is 18.8 Å².